The molecule has 1 aromatic rings. The van der Waals surface area contributed by atoms with E-state index in [1.54, 1.807) is 13.8 Å². The van der Waals surface area contributed by atoms with Gasteiger partial charge in [-0.3, -0.25) is 14.4 Å². The Morgan fingerprint density at radius 3 is 1.96 bits per heavy atom. The number of nitrogens with zero attached hydrogens (tertiary/aromatic N) is 1. The van der Waals surface area contributed by atoms with Crippen LogP contribution in [-0.4, -0.2) is 38.1 Å². The number of esters is 2. The first-order valence-electron chi connectivity index (χ1n) is 7.26. The minimum atomic E-state index is -1.31. The smallest absolute Gasteiger partial charge is 0.320 e. The Morgan fingerprint density at radius 1 is 1.04 bits per heavy atom. The van der Waals surface area contributed by atoms with E-state index in [9.17, 15) is 18.8 Å². The number of halogens is 1. The van der Waals surface area contributed by atoms with Crippen molar-refractivity contribution < 1.29 is 28.2 Å². The molecule has 6 nitrogen and oxygen atoms in total. The molecule has 0 heterocycles. The maximum absolute atomic E-state index is 12.9. The predicted molar refractivity (Wildman–Crippen MR) is 81.2 cm³/mol. The molecule has 23 heavy (non-hydrogen) atoms. The highest BCUT2D eigenvalue weighted by Crippen LogP contribution is 2.17. The van der Waals surface area contributed by atoms with Crippen LogP contribution in [0.4, 0.5) is 10.1 Å². The van der Waals surface area contributed by atoms with Crippen molar-refractivity contribution in [3.63, 3.8) is 0 Å². The number of hydrogen-bond donors (Lipinski definition) is 0. The molecule has 0 unspecified atom stereocenters. The molecule has 1 aromatic carbocycles. The zero-order chi connectivity index (χ0) is 17.4. The first-order chi connectivity index (χ1) is 10.9. The van der Waals surface area contributed by atoms with Crippen molar-refractivity contribution in [1.29, 1.82) is 0 Å². The summed E-state index contributed by atoms with van der Waals surface area (Å²) < 4.78 is 22.5. The van der Waals surface area contributed by atoms with Crippen molar-refractivity contribution in [3.05, 3.63) is 30.1 Å². The van der Waals surface area contributed by atoms with Crippen molar-refractivity contribution in [2.45, 2.75) is 20.3 Å². The number of rotatable bonds is 7. The molecule has 0 aromatic heterocycles. The van der Waals surface area contributed by atoms with Crippen molar-refractivity contribution in [2.75, 3.05) is 25.2 Å². The van der Waals surface area contributed by atoms with Crippen LogP contribution >= 0.6 is 0 Å². The predicted octanol–water partition coefficient (Wildman–Crippen LogP) is 1.92. The minimum Gasteiger partial charge on any atom is -0.465 e. The summed E-state index contributed by atoms with van der Waals surface area (Å²) in [6.07, 6.45) is -0.383. The number of benzene rings is 1. The van der Waals surface area contributed by atoms with E-state index < -0.39 is 29.6 Å². The molecule has 0 fully saturated rings. The fourth-order valence-corrected chi connectivity index (χ4v) is 1.87. The highest BCUT2D eigenvalue weighted by Gasteiger charge is 2.33. The van der Waals surface area contributed by atoms with E-state index in [0.717, 1.165) is 0 Å². The van der Waals surface area contributed by atoms with Crippen LogP contribution in [0.15, 0.2) is 24.3 Å². The monoisotopic (exact) mass is 325 g/mol. The van der Waals surface area contributed by atoms with Crippen LogP contribution in [0.2, 0.25) is 0 Å². The Bertz CT molecular complexity index is 540. The zero-order valence-corrected chi connectivity index (χ0v) is 13.4. The molecule has 0 N–H and O–H groups in total. The van der Waals surface area contributed by atoms with Gasteiger partial charge in [0.05, 0.1) is 19.6 Å². The summed E-state index contributed by atoms with van der Waals surface area (Å²) in [6.45, 7) is 3.40. The first-order valence-corrected chi connectivity index (χ1v) is 7.26. The SMILES string of the molecule is CCOC(=O)C(CC(=O)N(C)c1ccc(F)cc1)C(=O)OCC. The van der Waals surface area contributed by atoms with Crippen molar-refractivity contribution in [3.8, 4) is 0 Å². The molecule has 0 saturated carbocycles. The normalized spacial score (nSPS) is 10.3. The lowest BCUT2D eigenvalue weighted by Gasteiger charge is -2.20. The van der Waals surface area contributed by atoms with Crippen LogP contribution in [-0.2, 0) is 23.9 Å². The van der Waals surface area contributed by atoms with Crippen LogP contribution in [0.1, 0.15) is 20.3 Å². The van der Waals surface area contributed by atoms with Crippen molar-refractivity contribution >= 4 is 23.5 Å². The summed E-state index contributed by atoms with van der Waals surface area (Å²) in [4.78, 5) is 37.2. The second-order valence-corrected chi connectivity index (χ2v) is 4.69. The second-order valence-electron chi connectivity index (χ2n) is 4.69. The van der Waals surface area contributed by atoms with Gasteiger partial charge in [-0.25, -0.2) is 4.39 Å². The molecule has 0 bridgehead atoms. The Labute approximate surface area is 134 Å². The molecular formula is C16H20FNO5. The average Bonchev–Trinajstić information content (AvgIpc) is 2.52. The van der Waals surface area contributed by atoms with E-state index in [1.807, 2.05) is 0 Å². The van der Waals surface area contributed by atoms with Gasteiger partial charge in [0.1, 0.15) is 5.82 Å². The fraction of sp³-hybridized carbons (Fsp3) is 0.438. The summed E-state index contributed by atoms with van der Waals surface area (Å²) in [5.74, 6) is -3.82. The number of anilines is 1. The standard InChI is InChI=1S/C16H20FNO5/c1-4-22-15(20)13(16(21)23-5-2)10-14(19)18(3)12-8-6-11(17)7-9-12/h6-9,13H,4-5,10H2,1-3H3. The Kier molecular flexibility index (Phi) is 7.18. The molecule has 0 aliphatic rings. The summed E-state index contributed by atoms with van der Waals surface area (Å²) >= 11 is 0. The summed E-state index contributed by atoms with van der Waals surface area (Å²) in [5, 5.41) is 0. The lowest BCUT2D eigenvalue weighted by atomic mass is 10.0. The Balaban J connectivity index is 2.84. The molecule has 126 valence electrons. The summed E-state index contributed by atoms with van der Waals surface area (Å²) in [5.41, 5.74) is 0.447. The van der Waals surface area contributed by atoms with Crippen LogP contribution in [0.5, 0.6) is 0 Å². The maximum atomic E-state index is 12.9. The van der Waals surface area contributed by atoms with Gasteiger partial charge < -0.3 is 14.4 Å². The van der Waals surface area contributed by atoms with Gasteiger partial charge in [-0.05, 0) is 38.1 Å². The molecule has 0 atom stereocenters. The summed E-state index contributed by atoms with van der Waals surface area (Å²) in [7, 11) is 1.48. The molecule has 0 radical (unpaired) electrons. The van der Waals surface area contributed by atoms with Crippen LogP contribution in [0.25, 0.3) is 0 Å². The van der Waals surface area contributed by atoms with E-state index in [1.165, 1.54) is 36.2 Å². The van der Waals surface area contributed by atoms with Gasteiger partial charge in [0.15, 0.2) is 5.92 Å². The first kappa shape index (κ1) is 18.6. The Morgan fingerprint density at radius 2 is 1.52 bits per heavy atom. The number of carbonyl (C=O) groups excluding carboxylic acids is 3. The highest BCUT2D eigenvalue weighted by molar-refractivity contribution is 6.02. The fourth-order valence-electron chi connectivity index (χ4n) is 1.87. The molecular weight excluding hydrogens is 305 g/mol. The largest absolute Gasteiger partial charge is 0.465 e. The van der Waals surface area contributed by atoms with Crippen LogP contribution in [0, 0.1) is 11.7 Å². The molecule has 0 saturated heterocycles. The third-order valence-electron chi connectivity index (χ3n) is 3.11. The van der Waals surface area contributed by atoms with Gasteiger partial charge in [0.25, 0.3) is 0 Å². The van der Waals surface area contributed by atoms with Crippen molar-refractivity contribution in [1.82, 2.24) is 0 Å². The third kappa shape index (κ3) is 5.36. The average molecular weight is 325 g/mol. The molecule has 0 aliphatic carbocycles. The number of amides is 1. The van der Waals surface area contributed by atoms with E-state index in [4.69, 9.17) is 9.47 Å². The van der Waals surface area contributed by atoms with Crippen LogP contribution < -0.4 is 4.90 Å². The van der Waals surface area contributed by atoms with Gasteiger partial charge in [0, 0.05) is 12.7 Å². The van der Waals surface area contributed by atoms with Crippen molar-refractivity contribution in [2.24, 2.45) is 5.92 Å². The lowest BCUT2D eigenvalue weighted by Crippen LogP contribution is -2.35. The minimum absolute atomic E-state index is 0.0940. The molecule has 7 heteroatoms. The Hall–Kier alpha value is -2.44. The van der Waals surface area contributed by atoms with E-state index >= 15 is 0 Å². The number of ether oxygens (including phenoxy) is 2. The van der Waals surface area contributed by atoms with Gasteiger partial charge in [-0.15, -0.1) is 0 Å². The van der Waals surface area contributed by atoms with Gasteiger partial charge in [-0.1, -0.05) is 0 Å². The van der Waals surface area contributed by atoms with Gasteiger partial charge >= 0.3 is 11.9 Å². The number of hydrogen-bond acceptors (Lipinski definition) is 5. The highest BCUT2D eigenvalue weighted by atomic mass is 19.1. The molecule has 0 spiro atoms. The maximum Gasteiger partial charge on any atom is 0.320 e. The second kappa shape index (κ2) is 8.87. The van der Waals surface area contributed by atoms with E-state index in [-0.39, 0.29) is 19.6 Å². The molecule has 1 rings (SSSR count). The van der Waals surface area contributed by atoms with Crippen LogP contribution in [0.3, 0.4) is 0 Å². The quantitative estimate of drug-likeness (QED) is 0.566. The topological polar surface area (TPSA) is 72.9 Å². The molecule has 1 amide bonds. The van der Waals surface area contributed by atoms with E-state index in [0.29, 0.717) is 5.69 Å². The zero-order valence-electron chi connectivity index (χ0n) is 13.4. The summed E-state index contributed by atoms with van der Waals surface area (Å²) in [6, 6.07) is 5.29. The third-order valence-corrected chi connectivity index (χ3v) is 3.11. The van der Waals surface area contributed by atoms with E-state index in [2.05, 4.69) is 0 Å². The van der Waals surface area contributed by atoms with Gasteiger partial charge in [0.2, 0.25) is 5.91 Å². The van der Waals surface area contributed by atoms with Gasteiger partial charge in [-0.2, -0.15) is 0 Å². The molecule has 0 aliphatic heterocycles. The lowest BCUT2D eigenvalue weighted by molar-refractivity contribution is -0.163. The number of carbonyl (C=O) groups is 3.